The highest BCUT2D eigenvalue weighted by molar-refractivity contribution is 6.32. The summed E-state index contributed by atoms with van der Waals surface area (Å²) in [6.45, 7) is 2.11. The molecule has 1 saturated carbocycles. The molecule has 0 bridgehead atoms. The SMILES string of the molecule is CC[C@@H](N)c1ccc(Cl)c(Oc2ccc(F)c(COC(=O)NCC3CC3)c2)c1F. The van der Waals surface area contributed by atoms with Crippen LogP contribution in [0.3, 0.4) is 0 Å². The summed E-state index contributed by atoms with van der Waals surface area (Å²) in [7, 11) is 0. The molecule has 0 heterocycles. The summed E-state index contributed by atoms with van der Waals surface area (Å²) >= 11 is 6.08. The Morgan fingerprint density at radius 3 is 2.76 bits per heavy atom. The number of carbonyl (C=O) groups excluding carboxylic acids is 1. The molecule has 0 spiro atoms. The van der Waals surface area contributed by atoms with E-state index in [2.05, 4.69) is 5.32 Å². The molecule has 0 radical (unpaired) electrons. The Labute approximate surface area is 173 Å². The Hall–Kier alpha value is -2.38. The number of carbonyl (C=O) groups is 1. The predicted octanol–water partition coefficient (Wildman–Crippen LogP) is 5.46. The number of rotatable bonds is 8. The first-order valence-electron chi connectivity index (χ1n) is 9.49. The highest BCUT2D eigenvalue weighted by atomic mass is 35.5. The average molecular weight is 425 g/mol. The second-order valence-corrected chi connectivity index (χ2v) is 7.46. The fourth-order valence-corrected chi connectivity index (χ4v) is 2.92. The third-order valence-electron chi connectivity index (χ3n) is 4.75. The molecule has 1 amide bonds. The van der Waals surface area contributed by atoms with E-state index in [4.69, 9.17) is 26.8 Å². The van der Waals surface area contributed by atoms with Gasteiger partial charge >= 0.3 is 6.09 Å². The first-order chi connectivity index (χ1) is 13.9. The lowest BCUT2D eigenvalue weighted by atomic mass is 10.0. The molecule has 0 aromatic heterocycles. The van der Waals surface area contributed by atoms with Crippen molar-refractivity contribution in [3.05, 3.63) is 58.1 Å². The van der Waals surface area contributed by atoms with Crippen molar-refractivity contribution in [3.8, 4) is 11.5 Å². The molecule has 1 fully saturated rings. The van der Waals surface area contributed by atoms with Crippen molar-refractivity contribution < 1.29 is 23.0 Å². The van der Waals surface area contributed by atoms with Crippen LogP contribution in [0.25, 0.3) is 0 Å². The highest BCUT2D eigenvalue weighted by Crippen LogP contribution is 2.36. The van der Waals surface area contributed by atoms with Crippen LogP contribution in [0, 0.1) is 17.6 Å². The van der Waals surface area contributed by atoms with Crippen LogP contribution in [0.2, 0.25) is 5.02 Å². The van der Waals surface area contributed by atoms with Gasteiger partial charge in [0.05, 0.1) is 5.02 Å². The number of amides is 1. The summed E-state index contributed by atoms with van der Waals surface area (Å²) in [5.41, 5.74) is 6.31. The number of benzene rings is 2. The van der Waals surface area contributed by atoms with Crippen LogP contribution in [0.5, 0.6) is 11.5 Å². The van der Waals surface area contributed by atoms with Gasteiger partial charge in [-0.3, -0.25) is 0 Å². The molecule has 1 aliphatic carbocycles. The Balaban J connectivity index is 1.71. The summed E-state index contributed by atoms with van der Waals surface area (Å²) in [5.74, 6) is -0.749. The molecule has 29 heavy (non-hydrogen) atoms. The lowest BCUT2D eigenvalue weighted by Gasteiger charge is -2.16. The Kier molecular flexibility index (Phi) is 6.92. The summed E-state index contributed by atoms with van der Waals surface area (Å²) in [4.78, 5) is 11.7. The molecule has 1 aliphatic rings. The van der Waals surface area contributed by atoms with E-state index in [1.165, 1.54) is 24.3 Å². The highest BCUT2D eigenvalue weighted by Gasteiger charge is 2.22. The van der Waals surface area contributed by atoms with E-state index in [1.54, 1.807) is 0 Å². The van der Waals surface area contributed by atoms with Gasteiger partial charge in [0.2, 0.25) is 0 Å². The van der Waals surface area contributed by atoms with Gasteiger partial charge in [-0.1, -0.05) is 24.6 Å². The average Bonchev–Trinajstić information content (AvgIpc) is 3.53. The van der Waals surface area contributed by atoms with Gasteiger partial charge in [0.25, 0.3) is 0 Å². The molecule has 3 N–H and O–H groups in total. The monoisotopic (exact) mass is 424 g/mol. The molecule has 3 rings (SSSR count). The van der Waals surface area contributed by atoms with Gasteiger partial charge in [-0.25, -0.2) is 13.6 Å². The minimum absolute atomic E-state index is 0.0659. The zero-order valence-electron chi connectivity index (χ0n) is 16.0. The van der Waals surface area contributed by atoms with Gasteiger partial charge in [-0.2, -0.15) is 0 Å². The van der Waals surface area contributed by atoms with Gasteiger partial charge in [-0.05, 0) is 49.4 Å². The molecular formula is C21H23ClF2N2O3. The molecular weight excluding hydrogens is 402 g/mol. The van der Waals surface area contributed by atoms with Crippen molar-refractivity contribution in [2.75, 3.05) is 6.54 Å². The van der Waals surface area contributed by atoms with E-state index in [1.807, 2.05) is 6.92 Å². The first-order valence-corrected chi connectivity index (χ1v) is 9.87. The minimum atomic E-state index is -0.659. The topological polar surface area (TPSA) is 73.6 Å². The van der Waals surface area contributed by atoms with Crippen LogP contribution in [0.1, 0.15) is 43.4 Å². The fourth-order valence-electron chi connectivity index (χ4n) is 2.73. The van der Waals surface area contributed by atoms with Crippen molar-refractivity contribution in [3.63, 3.8) is 0 Å². The normalized spacial score (nSPS) is 14.4. The van der Waals surface area contributed by atoms with Crippen LogP contribution in [0.15, 0.2) is 30.3 Å². The Bertz CT molecular complexity index is 890. The molecule has 0 aliphatic heterocycles. The number of nitrogens with one attached hydrogen (secondary N) is 1. The van der Waals surface area contributed by atoms with E-state index < -0.39 is 23.8 Å². The maximum atomic E-state index is 14.8. The smallest absolute Gasteiger partial charge is 0.407 e. The zero-order valence-corrected chi connectivity index (χ0v) is 16.8. The number of halogens is 3. The molecule has 8 heteroatoms. The molecule has 0 unspecified atom stereocenters. The number of nitrogens with two attached hydrogens (primary N) is 1. The second-order valence-electron chi connectivity index (χ2n) is 7.05. The van der Waals surface area contributed by atoms with Crippen molar-refractivity contribution in [1.29, 1.82) is 0 Å². The number of alkyl carbamates (subject to hydrolysis) is 1. The summed E-state index contributed by atoms with van der Waals surface area (Å²) in [6, 6.07) is 6.36. The van der Waals surface area contributed by atoms with E-state index in [0.717, 1.165) is 18.9 Å². The fraction of sp³-hybridized carbons (Fsp3) is 0.381. The van der Waals surface area contributed by atoms with E-state index in [9.17, 15) is 13.6 Å². The van der Waals surface area contributed by atoms with E-state index in [-0.39, 0.29) is 34.3 Å². The summed E-state index contributed by atoms with van der Waals surface area (Å²) in [5, 5.41) is 2.70. The predicted molar refractivity (Wildman–Crippen MR) is 106 cm³/mol. The van der Waals surface area contributed by atoms with Gasteiger partial charge in [0.1, 0.15) is 18.2 Å². The van der Waals surface area contributed by atoms with Crippen LogP contribution in [0.4, 0.5) is 13.6 Å². The minimum Gasteiger partial charge on any atom is -0.453 e. The van der Waals surface area contributed by atoms with Gasteiger partial charge in [-0.15, -0.1) is 0 Å². The molecule has 2 aromatic rings. The molecule has 2 aromatic carbocycles. The van der Waals surface area contributed by atoms with E-state index in [0.29, 0.717) is 18.9 Å². The van der Waals surface area contributed by atoms with Crippen molar-refractivity contribution in [2.24, 2.45) is 11.7 Å². The first kappa shape index (κ1) is 21.3. The maximum Gasteiger partial charge on any atom is 0.407 e. The molecule has 156 valence electrons. The Morgan fingerprint density at radius 2 is 2.07 bits per heavy atom. The van der Waals surface area contributed by atoms with Crippen LogP contribution in [-0.2, 0) is 11.3 Å². The molecule has 1 atom stereocenters. The maximum absolute atomic E-state index is 14.8. The van der Waals surface area contributed by atoms with Crippen LogP contribution in [-0.4, -0.2) is 12.6 Å². The second kappa shape index (κ2) is 9.41. The van der Waals surface area contributed by atoms with Crippen LogP contribution >= 0.6 is 11.6 Å². The molecule has 0 saturated heterocycles. The summed E-state index contributed by atoms with van der Waals surface area (Å²) < 4.78 is 39.5. The lowest BCUT2D eigenvalue weighted by molar-refractivity contribution is 0.138. The van der Waals surface area contributed by atoms with Crippen molar-refractivity contribution in [2.45, 2.75) is 38.8 Å². The Morgan fingerprint density at radius 1 is 1.31 bits per heavy atom. The van der Waals surface area contributed by atoms with Gasteiger partial charge in [0, 0.05) is 23.7 Å². The van der Waals surface area contributed by atoms with E-state index >= 15 is 0 Å². The van der Waals surface area contributed by atoms with Gasteiger partial charge in [0.15, 0.2) is 11.6 Å². The summed E-state index contributed by atoms with van der Waals surface area (Å²) in [6.07, 6.45) is 2.12. The third-order valence-corrected chi connectivity index (χ3v) is 5.04. The lowest BCUT2D eigenvalue weighted by Crippen LogP contribution is -2.26. The standard InChI is InChI=1S/C21H23ClF2N2O3/c1-2-18(25)15-6-7-16(22)20(19(15)24)29-14-5-8-17(23)13(9-14)11-28-21(27)26-10-12-3-4-12/h5-9,12,18H,2-4,10-11,25H2,1H3,(H,26,27)/t18-/m1/s1. The number of hydrogen-bond donors (Lipinski definition) is 2. The van der Waals surface area contributed by atoms with Gasteiger partial charge < -0.3 is 20.5 Å². The zero-order chi connectivity index (χ0) is 21.0. The third kappa shape index (κ3) is 5.58. The largest absolute Gasteiger partial charge is 0.453 e. The number of ether oxygens (including phenoxy) is 2. The van der Waals surface area contributed by atoms with Crippen molar-refractivity contribution in [1.82, 2.24) is 5.32 Å². The number of hydrogen-bond acceptors (Lipinski definition) is 4. The van der Waals surface area contributed by atoms with Crippen molar-refractivity contribution >= 4 is 17.7 Å². The quantitative estimate of drug-likeness (QED) is 0.590. The molecule has 5 nitrogen and oxygen atoms in total. The van der Waals surface area contributed by atoms with Crippen LogP contribution < -0.4 is 15.8 Å².